The van der Waals surface area contributed by atoms with Gasteiger partial charge in [0.05, 0.1) is 10.7 Å². The minimum absolute atomic E-state index is 0. The summed E-state index contributed by atoms with van der Waals surface area (Å²) in [6.45, 7) is 9.99. The molecule has 5 nitrogen and oxygen atoms in total. The van der Waals surface area contributed by atoms with E-state index in [1.165, 1.54) is 68.7 Å². The third-order valence-corrected chi connectivity index (χ3v) is 7.05. The Hall–Kier alpha value is -0.410. The molecular weight excluding hydrogens is 493 g/mol. The van der Waals surface area contributed by atoms with E-state index in [0.717, 1.165) is 25.0 Å². The van der Waals surface area contributed by atoms with Crippen LogP contribution in [0.3, 0.4) is 0 Å². The standard InChI is InChI=1S/C22H39N5S.HI/c1-22(2,3)19-16-28-20(26-19)10-13-24-21(23-4)25-17-11-14-27(15-12-17)18-8-6-5-7-9-18;/h16-18H,5-15H2,1-4H3,(H2,23,24,25);1H. The molecule has 2 aliphatic rings. The van der Waals surface area contributed by atoms with Crippen molar-refractivity contribution in [3.63, 3.8) is 0 Å². The van der Waals surface area contributed by atoms with E-state index in [4.69, 9.17) is 4.98 Å². The van der Waals surface area contributed by atoms with Gasteiger partial charge in [-0.25, -0.2) is 4.98 Å². The third kappa shape index (κ3) is 7.65. The summed E-state index contributed by atoms with van der Waals surface area (Å²) in [4.78, 5) is 12.0. The van der Waals surface area contributed by atoms with Crippen LogP contribution in [0, 0.1) is 0 Å². The maximum atomic E-state index is 4.79. The molecular formula is C22H40IN5S. The summed E-state index contributed by atoms with van der Waals surface area (Å²) in [5.74, 6) is 0.934. The molecule has 1 aliphatic carbocycles. The highest BCUT2D eigenvalue weighted by Gasteiger charge is 2.26. The molecule has 1 aromatic rings. The molecule has 0 unspecified atom stereocenters. The number of likely N-dealkylation sites (tertiary alicyclic amines) is 1. The Morgan fingerprint density at radius 2 is 1.86 bits per heavy atom. The van der Waals surface area contributed by atoms with Gasteiger partial charge in [0.2, 0.25) is 0 Å². The van der Waals surface area contributed by atoms with Crippen molar-refractivity contribution in [1.29, 1.82) is 0 Å². The molecule has 1 saturated heterocycles. The minimum Gasteiger partial charge on any atom is -0.356 e. The number of halogens is 1. The van der Waals surface area contributed by atoms with Crippen molar-refractivity contribution in [2.75, 3.05) is 26.7 Å². The van der Waals surface area contributed by atoms with Gasteiger partial charge in [0.1, 0.15) is 0 Å². The first-order chi connectivity index (χ1) is 13.5. The summed E-state index contributed by atoms with van der Waals surface area (Å²) in [6, 6.07) is 1.39. The van der Waals surface area contributed by atoms with E-state index in [0.29, 0.717) is 6.04 Å². The van der Waals surface area contributed by atoms with E-state index >= 15 is 0 Å². The van der Waals surface area contributed by atoms with Gasteiger partial charge < -0.3 is 15.5 Å². The van der Waals surface area contributed by atoms with Crippen LogP contribution in [-0.2, 0) is 11.8 Å². The molecule has 0 amide bonds. The first-order valence-electron chi connectivity index (χ1n) is 11.1. The predicted molar refractivity (Wildman–Crippen MR) is 136 cm³/mol. The van der Waals surface area contributed by atoms with Crippen molar-refractivity contribution in [2.24, 2.45) is 4.99 Å². The highest BCUT2D eigenvalue weighted by atomic mass is 127. The summed E-state index contributed by atoms with van der Waals surface area (Å²) >= 11 is 1.77. The molecule has 1 aliphatic heterocycles. The topological polar surface area (TPSA) is 52.6 Å². The first-order valence-corrected chi connectivity index (χ1v) is 12.0. The summed E-state index contributed by atoms with van der Waals surface area (Å²) in [5, 5.41) is 10.5. The molecule has 29 heavy (non-hydrogen) atoms. The second-order valence-electron chi connectivity index (χ2n) is 9.37. The second kappa shape index (κ2) is 11.8. The van der Waals surface area contributed by atoms with Crippen molar-refractivity contribution >= 4 is 41.3 Å². The summed E-state index contributed by atoms with van der Waals surface area (Å²) in [5.41, 5.74) is 1.33. The van der Waals surface area contributed by atoms with Crippen LogP contribution in [0.2, 0.25) is 0 Å². The number of guanidine groups is 1. The zero-order valence-electron chi connectivity index (χ0n) is 18.7. The van der Waals surface area contributed by atoms with Crippen LogP contribution in [0.25, 0.3) is 0 Å². The van der Waals surface area contributed by atoms with E-state index in [9.17, 15) is 0 Å². The zero-order valence-corrected chi connectivity index (χ0v) is 21.8. The highest BCUT2D eigenvalue weighted by Crippen LogP contribution is 2.25. The van der Waals surface area contributed by atoms with Gasteiger partial charge in [0.25, 0.3) is 0 Å². The van der Waals surface area contributed by atoms with E-state index in [2.05, 4.69) is 46.7 Å². The fraction of sp³-hybridized carbons (Fsp3) is 0.818. The second-order valence-corrected chi connectivity index (χ2v) is 10.3. The van der Waals surface area contributed by atoms with Crippen LogP contribution in [-0.4, -0.2) is 54.6 Å². The number of nitrogens with one attached hydrogen (secondary N) is 2. The van der Waals surface area contributed by atoms with Crippen molar-refractivity contribution in [3.8, 4) is 0 Å². The molecule has 0 bridgehead atoms. The lowest BCUT2D eigenvalue weighted by molar-refractivity contribution is 0.119. The Labute approximate surface area is 198 Å². The lowest BCUT2D eigenvalue weighted by Crippen LogP contribution is -2.51. The van der Waals surface area contributed by atoms with E-state index < -0.39 is 0 Å². The van der Waals surface area contributed by atoms with Gasteiger partial charge in [0, 0.05) is 56.0 Å². The average molecular weight is 534 g/mol. The molecule has 0 radical (unpaired) electrons. The van der Waals surface area contributed by atoms with Crippen LogP contribution in [0.4, 0.5) is 0 Å². The summed E-state index contributed by atoms with van der Waals surface area (Å²) in [6.07, 6.45) is 10.5. The molecule has 2 fully saturated rings. The number of piperidine rings is 1. The van der Waals surface area contributed by atoms with E-state index in [1.54, 1.807) is 11.3 Å². The normalized spacial score (nSPS) is 20.3. The number of aliphatic imine (C=N–C) groups is 1. The molecule has 3 rings (SSSR count). The third-order valence-electron chi connectivity index (χ3n) is 6.14. The van der Waals surface area contributed by atoms with Crippen LogP contribution < -0.4 is 10.6 Å². The average Bonchev–Trinajstić information content (AvgIpc) is 3.18. The van der Waals surface area contributed by atoms with Gasteiger partial charge in [-0.1, -0.05) is 40.0 Å². The van der Waals surface area contributed by atoms with Crippen LogP contribution >= 0.6 is 35.3 Å². The highest BCUT2D eigenvalue weighted by molar-refractivity contribution is 14.0. The van der Waals surface area contributed by atoms with Crippen molar-refractivity contribution < 1.29 is 0 Å². The maximum Gasteiger partial charge on any atom is 0.191 e. The number of hydrogen-bond acceptors (Lipinski definition) is 4. The number of hydrogen-bond donors (Lipinski definition) is 2. The number of aromatic nitrogens is 1. The molecule has 166 valence electrons. The number of rotatable bonds is 5. The zero-order chi connectivity index (χ0) is 20.0. The molecule has 1 aromatic heterocycles. The Bertz CT molecular complexity index is 625. The first kappa shape index (κ1) is 24.9. The molecule has 2 N–H and O–H groups in total. The predicted octanol–water partition coefficient (Wildman–Crippen LogP) is 4.56. The van der Waals surface area contributed by atoms with Crippen LogP contribution in [0.1, 0.15) is 76.4 Å². The lowest BCUT2D eigenvalue weighted by Gasteiger charge is -2.39. The summed E-state index contributed by atoms with van der Waals surface area (Å²) in [7, 11) is 1.87. The van der Waals surface area contributed by atoms with Crippen LogP contribution in [0.5, 0.6) is 0 Å². The van der Waals surface area contributed by atoms with Gasteiger partial charge >= 0.3 is 0 Å². The van der Waals surface area contributed by atoms with Gasteiger partial charge in [0.15, 0.2) is 5.96 Å². The fourth-order valence-corrected chi connectivity index (χ4v) is 5.33. The fourth-order valence-electron chi connectivity index (χ4n) is 4.30. The van der Waals surface area contributed by atoms with Gasteiger partial charge in [-0.05, 0) is 25.7 Å². The molecule has 2 heterocycles. The Kier molecular flexibility index (Phi) is 10.1. The van der Waals surface area contributed by atoms with E-state index in [-0.39, 0.29) is 29.4 Å². The molecule has 1 saturated carbocycles. The van der Waals surface area contributed by atoms with Crippen molar-refractivity contribution in [3.05, 3.63) is 16.1 Å². The Balaban J connectivity index is 0.00000300. The molecule has 7 heteroatoms. The van der Waals surface area contributed by atoms with Crippen LogP contribution in [0.15, 0.2) is 10.4 Å². The lowest BCUT2D eigenvalue weighted by atomic mass is 9.92. The van der Waals surface area contributed by atoms with Crippen molar-refractivity contribution in [1.82, 2.24) is 20.5 Å². The maximum absolute atomic E-state index is 4.79. The molecule has 0 spiro atoms. The quantitative estimate of drug-likeness (QED) is 0.331. The van der Waals surface area contributed by atoms with Gasteiger partial charge in [-0.15, -0.1) is 35.3 Å². The Morgan fingerprint density at radius 3 is 2.45 bits per heavy atom. The smallest absolute Gasteiger partial charge is 0.191 e. The van der Waals surface area contributed by atoms with Gasteiger partial charge in [-0.3, -0.25) is 4.99 Å². The van der Waals surface area contributed by atoms with E-state index in [1.807, 2.05) is 7.05 Å². The minimum atomic E-state index is 0. The largest absolute Gasteiger partial charge is 0.356 e. The molecule has 0 atom stereocenters. The monoisotopic (exact) mass is 533 g/mol. The number of nitrogens with zero attached hydrogens (tertiary/aromatic N) is 3. The van der Waals surface area contributed by atoms with Crippen molar-refractivity contribution in [2.45, 2.75) is 89.6 Å². The number of thiazole rings is 1. The van der Waals surface area contributed by atoms with Gasteiger partial charge in [-0.2, -0.15) is 0 Å². The Morgan fingerprint density at radius 1 is 1.17 bits per heavy atom. The SMILES string of the molecule is CN=C(NCCc1nc(C(C)(C)C)cs1)NC1CCN(C2CCCCC2)CC1.I. The molecule has 0 aromatic carbocycles. The summed E-state index contributed by atoms with van der Waals surface area (Å²) < 4.78 is 0.